The first-order valence-corrected chi connectivity index (χ1v) is 5.84. The fourth-order valence-corrected chi connectivity index (χ4v) is 2.20. The fourth-order valence-electron chi connectivity index (χ4n) is 2.20. The Morgan fingerprint density at radius 3 is 3.05 bits per heavy atom. The zero-order chi connectivity index (χ0) is 13.4. The van der Waals surface area contributed by atoms with Crippen molar-refractivity contribution in [3.8, 4) is 17.0 Å². The summed E-state index contributed by atoms with van der Waals surface area (Å²) < 4.78 is 5.32. The van der Waals surface area contributed by atoms with Crippen molar-refractivity contribution in [3.63, 3.8) is 0 Å². The van der Waals surface area contributed by atoms with Gasteiger partial charge < -0.3 is 10.1 Å². The van der Waals surface area contributed by atoms with Crippen molar-refractivity contribution < 1.29 is 9.53 Å². The van der Waals surface area contributed by atoms with Gasteiger partial charge in [-0.05, 0) is 13.0 Å². The number of fused-ring (bicyclic) bond motifs is 3. The van der Waals surface area contributed by atoms with E-state index < -0.39 is 0 Å². The van der Waals surface area contributed by atoms with E-state index in [0.717, 1.165) is 16.8 Å². The molecule has 1 aliphatic heterocycles. The van der Waals surface area contributed by atoms with Crippen molar-refractivity contribution in [1.82, 2.24) is 15.0 Å². The molecule has 1 aliphatic rings. The molecule has 1 amide bonds. The van der Waals surface area contributed by atoms with Crippen molar-refractivity contribution in [1.29, 1.82) is 0 Å². The standard InChI is InChI=1S/C13H12N4O2/c1-7-3-10-12(13(16-7)19-2)8-5-14-6-15-9(8)4-11(18)17-10/h3,5-6H,4H2,1-2H3,(H,17,18). The Labute approximate surface area is 109 Å². The summed E-state index contributed by atoms with van der Waals surface area (Å²) in [7, 11) is 1.55. The molecule has 0 aromatic carbocycles. The van der Waals surface area contributed by atoms with Crippen LogP contribution in [0.1, 0.15) is 11.4 Å². The number of hydrogen-bond acceptors (Lipinski definition) is 5. The summed E-state index contributed by atoms with van der Waals surface area (Å²) in [6.07, 6.45) is 3.33. The number of rotatable bonds is 1. The lowest BCUT2D eigenvalue weighted by molar-refractivity contribution is -0.115. The Morgan fingerprint density at radius 2 is 2.26 bits per heavy atom. The molecule has 3 heterocycles. The normalized spacial score (nSPS) is 13.1. The van der Waals surface area contributed by atoms with Gasteiger partial charge in [0.15, 0.2) is 0 Å². The van der Waals surface area contributed by atoms with Gasteiger partial charge in [0.1, 0.15) is 6.33 Å². The summed E-state index contributed by atoms with van der Waals surface area (Å²) in [5.41, 5.74) is 3.64. The first kappa shape index (κ1) is 11.6. The number of hydrogen-bond donors (Lipinski definition) is 1. The Balaban J connectivity index is 2.35. The Bertz CT molecular complexity index is 670. The van der Waals surface area contributed by atoms with Crippen LogP contribution in [0.4, 0.5) is 5.69 Å². The molecule has 0 aliphatic carbocycles. The first-order chi connectivity index (χ1) is 9.19. The number of carbonyl (C=O) groups excluding carboxylic acids is 1. The van der Waals surface area contributed by atoms with Crippen LogP contribution in [-0.4, -0.2) is 28.0 Å². The second kappa shape index (κ2) is 4.31. The molecule has 0 saturated carbocycles. The molecule has 2 aromatic rings. The van der Waals surface area contributed by atoms with Gasteiger partial charge in [-0.3, -0.25) is 4.79 Å². The molecule has 1 N–H and O–H groups in total. The summed E-state index contributed by atoms with van der Waals surface area (Å²) in [5.74, 6) is 0.361. The maximum Gasteiger partial charge on any atom is 0.230 e. The first-order valence-electron chi connectivity index (χ1n) is 5.84. The van der Waals surface area contributed by atoms with E-state index in [4.69, 9.17) is 4.74 Å². The largest absolute Gasteiger partial charge is 0.480 e. The number of aryl methyl sites for hydroxylation is 1. The van der Waals surface area contributed by atoms with Crippen LogP contribution < -0.4 is 10.1 Å². The molecule has 6 heteroatoms. The van der Waals surface area contributed by atoms with E-state index in [9.17, 15) is 4.79 Å². The summed E-state index contributed by atoms with van der Waals surface area (Å²) in [4.78, 5) is 24.4. The lowest BCUT2D eigenvalue weighted by atomic mass is 10.0. The van der Waals surface area contributed by atoms with E-state index in [2.05, 4.69) is 20.3 Å². The minimum atomic E-state index is -0.105. The fraction of sp³-hybridized carbons (Fsp3) is 0.231. The Hall–Kier alpha value is -2.50. The van der Waals surface area contributed by atoms with Crippen molar-refractivity contribution in [2.24, 2.45) is 0 Å². The van der Waals surface area contributed by atoms with Crippen LogP contribution in [0.25, 0.3) is 11.1 Å². The number of methoxy groups -OCH3 is 1. The van der Waals surface area contributed by atoms with Crippen LogP contribution in [-0.2, 0) is 11.2 Å². The van der Waals surface area contributed by atoms with Crippen molar-refractivity contribution in [2.75, 3.05) is 12.4 Å². The van der Waals surface area contributed by atoms with E-state index in [-0.39, 0.29) is 12.3 Å². The van der Waals surface area contributed by atoms with Gasteiger partial charge in [0, 0.05) is 17.5 Å². The van der Waals surface area contributed by atoms with Gasteiger partial charge in [0.05, 0.1) is 30.5 Å². The monoisotopic (exact) mass is 256 g/mol. The predicted molar refractivity (Wildman–Crippen MR) is 68.9 cm³/mol. The molecule has 2 aromatic heterocycles. The lowest BCUT2D eigenvalue weighted by Crippen LogP contribution is -2.13. The lowest BCUT2D eigenvalue weighted by Gasteiger charge is -2.12. The molecule has 0 fully saturated rings. The number of aromatic nitrogens is 3. The number of carbonyl (C=O) groups is 1. The molecule has 0 bridgehead atoms. The smallest absolute Gasteiger partial charge is 0.230 e. The number of anilines is 1. The van der Waals surface area contributed by atoms with E-state index in [1.807, 2.05) is 13.0 Å². The molecule has 6 nitrogen and oxygen atoms in total. The highest BCUT2D eigenvalue weighted by molar-refractivity contribution is 6.01. The van der Waals surface area contributed by atoms with Gasteiger partial charge in [0.2, 0.25) is 11.8 Å². The predicted octanol–water partition coefficient (Wildman–Crippen LogP) is 1.35. The second-order valence-corrected chi connectivity index (χ2v) is 4.30. The van der Waals surface area contributed by atoms with Gasteiger partial charge in [-0.15, -0.1) is 0 Å². The minimum Gasteiger partial charge on any atom is -0.480 e. The maximum absolute atomic E-state index is 11.9. The highest BCUT2D eigenvalue weighted by Crippen LogP contribution is 2.38. The molecule has 3 rings (SSSR count). The van der Waals surface area contributed by atoms with E-state index in [0.29, 0.717) is 17.3 Å². The molecule has 0 atom stereocenters. The topological polar surface area (TPSA) is 77.0 Å². The summed E-state index contributed by atoms with van der Waals surface area (Å²) in [6.45, 7) is 1.85. The number of amides is 1. The van der Waals surface area contributed by atoms with Crippen molar-refractivity contribution in [3.05, 3.63) is 30.0 Å². The van der Waals surface area contributed by atoms with Gasteiger partial charge in [-0.1, -0.05) is 0 Å². The van der Waals surface area contributed by atoms with Crippen LogP contribution in [0.5, 0.6) is 5.88 Å². The zero-order valence-corrected chi connectivity index (χ0v) is 10.6. The van der Waals surface area contributed by atoms with E-state index >= 15 is 0 Å². The Morgan fingerprint density at radius 1 is 1.42 bits per heavy atom. The van der Waals surface area contributed by atoms with E-state index in [1.165, 1.54) is 6.33 Å². The molecule has 19 heavy (non-hydrogen) atoms. The number of pyridine rings is 1. The molecule has 0 saturated heterocycles. The van der Waals surface area contributed by atoms with Gasteiger partial charge in [-0.25, -0.2) is 15.0 Å². The van der Waals surface area contributed by atoms with Crippen LogP contribution in [0.2, 0.25) is 0 Å². The molecular weight excluding hydrogens is 244 g/mol. The molecule has 0 spiro atoms. The van der Waals surface area contributed by atoms with Crippen molar-refractivity contribution >= 4 is 11.6 Å². The summed E-state index contributed by atoms with van der Waals surface area (Å²) in [5, 5.41) is 2.86. The second-order valence-electron chi connectivity index (χ2n) is 4.30. The molecule has 96 valence electrons. The number of ether oxygens (including phenoxy) is 1. The molecule has 0 unspecified atom stereocenters. The highest BCUT2D eigenvalue weighted by Gasteiger charge is 2.24. The SMILES string of the molecule is COc1nc(C)cc2c1-c1cncnc1CC(=O)N2. The third-order valence-corrected chi connectivity index (χ3v) is 2.97. The van der Waals surface area contributed by atoms with Crippen molar-refractivity contribution in [2.45, 2.75) is 13.3 Å². The number of nitrogens with one attached hydrogen (secondary N) is 1. The minimum absolute atomic E-state index is 0.105. The Kier molecular flexibility index (Phi) is 2.63. The summed E-state index contributed by atoms with van der Waals surface area (Å²) >= 11 is 0. The zero-order valence-electron chi connectivity index (χ0n) is 10.6. The highest BCUT2D eigenvalue weighted by atomic mass is 16.5. The third-order valence-electron chi connectivity index (χ3n) is 2.97. The van der Waals surface area contributed by atoms with Crippen LogP contribution in [0, 0.1) is 6.92 Å². The molecular formula is C13H12N4O2. The van der Waals surface area contributed by atoms with Crippen LogP contribution >= 0.6 is 0 Å². The number of nitrogens with zero attached hydrogens (tertiary/aromatic N) is 3. The maximum atomic E-state index is 11.9. The average Bonchev–Trinajstić information content (AvgIpc) is 2.52. The van der Waals surface area contributed by atoms with Gasteiger partial charge >= 0.3 is 0 Å². The third kappa shape index (κ3) is 1.91. The quantitative estimate of drug-likeness (QED) is 0.833. The van der Waals surface area contributed by atoms with E-state index in [1.54, 1.807) is 13.3 Å². The van der Waals surface area contributed by atoms with Gasteiger partial charge in [0.25, 0.3) is 0 Å². The summed E-state index contributed by atoms with van der Waals surface area (Å²) in [6, 6.07) is 1.82. The van der Waals surface area contributed by atoms with Gasteiger partial charge in [-0.2, -0.15) is 0 Å². The average molecular weight is 256 g/mol. The van der Waals surface area contributed by atoms with Crippen LogP contribution in [0.15, 0.2) is 18.6 Å². The van der Waals surface area contributed by atoms with Crippen LogP contribution in [0.3, 0.4) is 0 Å². The molecule has 0 radical (unpaired) electrons.